The molecular formula is C19H22O3. The predicted octanol–water partition coefficient (Wildman–Crippen LogP) is 3.79. The second kappa shape index (κ2) is 9.00. The molecule has 0 radical (unpaired) electrons. The van der Waals surface area contributed by atoms with Crippen LogP contribution >= 0.6 is 0 Å². The van der Waals surface area contributed by atoms with Crippen LogP contribution in [0.1, 0.15) is 30.4 Å². The molecule has 0 atom stereocenters. The topological polar surface area (TPSA) is 35.5 Å². The maximum Gasteiger partial charge on any atom is 0.332 e. The first-order valence-electron chi connectivity index (χ1n) is 7.64. The summed E-state index contributed by atoms with van der Waals surface area (Å²) < 4.78 is 10.3. The van der Waals surface area contributed by atoms with Gasteiger partial charge in [0, 0.05) is 12.5 Å². The summed E-state index contributed by atoms with van der Waals surface area (Å²) in [4.78, 5) is 11.3. The summed E-state index contributed by atoms with van der Waals surface area (Å²) in [6.07, 6.45) is 0.827. The van der Waals surface area contributed by atoms with Crippen LogP contribution in [-0.4, -0.2) is 25.8 Å². The maximum absolute atomic E-state index is 11.3. The Hall–Kier alpha value is -2.13. The zero-order valence-corrected chi connectivity index (χ0v) is 12.9. The molecule has 116 valence electrons. The van der Waals surface area contributed by atoms with E-state index >= 15 is 0 Å². The summed E-state index contributed by atoms with van der Waals surface area (Å²) in [5, 5.41) is 0. The Bertz CT molecular complexity index is 512. The fourth-order valence-electron chi connectivity index (χ4n) is 2.46. The highest BCUT2D eigenvalue weighted by molar-refractivity contribution is 5.70. The number of esters is 1. The normalized spacial score (nSPS) is 10.6. The molecule has 2 rings (SSSR count). The van der Waals surface area contributed by atoms with E-state index in [9.17, 15) is 4.79 Å². The summed E-state index contributed by atoms with van der Waals surface area (Å²) in [5.74, 6) is -0.0388. The first kappa shape index (κ1) is 16.2. The lowest BCUT2D eigenvalue weighted by molar-refractivity contribution is -0.148. The van der Waals surface area contributed by atoms with Gasteiger partial charge in [0.1, 0.15) is 6.61 Å². The van der Waals surface area contributed by atoms with E-state index in [4.69, 9.17) is 9.47 Å². The van der Waals surface area contributed by atoms with Crippen LogP contribution in [0.3, 0.4) is 0 Å². The summed E-state index contributed by atoms with van der Waals surface area (Å²) in [7, 11) is 0. The van der Waals surface area contributed by atoms with Crippen LogP contribution in [-0.2, 0) is 14.3 Å². The van der Waals surface area contributed by atoms with E-state index in [0.717, 1.165) is 6.42 Å². The Morgan fingerprint density at radius 1 is 0.955 bits per heavy atom. The van der Waals surface area contributed by atoms with Gasteiger partial charge in [-0.1, -0.05) is 60.7 Å². The van der Waals surface area contributed by atoms with Gasteiger partial charge in [-0.2, -0.15) is 0 Å². The smallest absolute Gasteiger partial charge is 0.332 e. The molecule has 0 amide bonds. The largest absolute Gasteiger partial charge is 0.464 e. The van der Waals surface area contributed by atoms with Crippen LogP contribution in [0.2, 0.25) is 0 Å². The van der Waals surface area contributed by atoms with Gasteiger partial charge in [-0.3, -0.25) is 0 Å². The molecular weight excluding hydrogens is 276 g/mol. The van der Waals surface area contributed by atoms with Crippen molar-refractivity contribution >= 4 is 5.97 Å². The molecule has 2 aromatic rings. The van der Waals surface area contributed by atoms with Crippen molar-refractivity contribution in [1.29, 1.82) is 0 Å². The monoisotopic (exact) mass is 298 g/mol. The molecule has 0 spiro atoms. The molecule has 0 heterocycles. The van der Waals surface area contributed by atoms with Gasteiger partial charge in [-0.15, -0.1) is 0 Å². The van der Waals surface area contributed by atoms with Crippen LogP contribution in [0.15, 0.2) is 60.7 Å². The number of rotatable bonds is 8. The zero-order chi connectivity index (χ0) is 15.6. The number of benzene rings is 2. The molecule has 0 saturated carbocycles. The van der Waals surface area contributed by atoms with Crippen molar-refractivity contribution in [2.24, 2.45) is 0 Å². The van der Waals surface area contributed by atoms with Crippen LogP contribution in [0.4, 0.5) is 0 Å². The maximum atomic E-state index is 11.3. The highest BCUT2D eigenvalue weighted by Crippen LogP contribution is 2.27. The minimum Gasteiger partial charge on any atom is -0.464 e. The minimum absolute atomic E-state index is 0.0180. The minimum atomic E-state index is -0.307. The van der Waals surface area contributed by atoms with Crippen molar-refractivity contribution in [2.45, 2.75) is 19.3 Å². The summed E-state index contributed by atoms with van der Waals surface area (Å²) >= 11 is 0. The molecule has 0 aliphatic carbocycles. The van der Waals surface area contributed by atoms with Gasteiger partial charge in [-0.25, -0.2) is 4.79 Å². The van der Waals surface area contributed by atoms with Crippen molar-refractivity contribution in [3.8, 4) is 0 Å². The van der Waals surface area contributed by atoms with Gasteiger partial charge >= 0.3 is 5.97 Å². The Morgan fingerprint density at radius 2 is 1.50 bits per heavy atom. The van der Waals surface area contributed by atoms with E-state index in [1.807, 2.05) is 36.4 Å². The third-order valence-corrected chi connectivity index (χ3v) is 3.48. The molecule has 0 N–H and O–H groups in total. The van der Waals surface area contributed by atoms with Crippen molar-refractivity contribution in [2.75, 3.05) is 19.8 Å². The summed E-state index contributed by atoms with van der Waals surface area (Å²) in [5.41, 5.74) is 2.52. The lowest BCUT2D eigenvalue weighted by Gasteiger charge is -2.18. The van der Waals surface area contributed by atoms with Gasteiger partial charge in [0.05, 0.1) is 6.61 Å². The van der Waals surface area contributed by atoms with Crippen molar-refractivity contribution in [1.82, 2.24) is 0 Å². The van der Waals surface area contributed by atoms with Crippen molar-refractivity contribution in [3.63, 3.8) is 0 Å². The fraction of sp³-hybridized carbons (Fsp3) is 0.316. The van der Waals surface area contributed by atoms with E-state index in [2.05, 4.69) is 24.3 Å². The molecule has 0 aliphatic heterocycles. The van der Waals surface area contributed by atoms with Crippen molar-refractivity contribution < 1.29 is 14.3 Å². The van der Waals surface area contributed by atoms with E-state index in [-0.39, 0.29) is 18.5 Å². The first-order valence-corrected chi connectivity index (χ1v) is 7.64. The van der Waals surface area contributed by atoms with Gasteiger partial charge in [0.2, 0.25) is 0 Å². The zero-order valence-electron chi connectivity index (χ0n) is 12.9. The average molecular weight is 298 g/mol. The molecule has 3 heteroatoms. The second-order valence-corrected chi connectivity index (χ2v) is 5.02. The SMILES string of the molecule is CCOC(=O)COCCC(c1ccccc1)c1ccccc1. The number of hydrogen-bond donors (Lipinski definition) is 0. The van der Waals surface area contributed by atoms with Gasteiger partial charge < -0.3 is 9.47 Å². The molecule has 0 aromatic heterocycles. The summed E-state index contributed by atoms with van der Waals surface area (Å²) in [6.45, 7) is 2.72. The third-order valence-electron chi connectivity index (χ3n) is 3.48. The van der Waals surface area contributed by atoms with E-state index in [1.165, 1.54) is 11.1 Å². The van der Waals surface area contributed by atoms with Crippen LogP contribution in [0, 0.1) is 0 Å². The lowest BCUT2D eigenvalue weighted by atomic mass is 9.89. The fourth-order valence-corrected chi connectivity index (χ4v) is 2.46. The molecule has 0 unspecified atom stereocenters. The Labute approximate surface area is 131 Å². The van der Waals surface area contributed by atoms with Crippen LogP contribution < -0.4 is 0 Å². The van der Waals surface area contributed by atoms with E-state index < -0.39 is 0 Å². The Kier molecular flexibility index (Phi) is 6.65. The molecule has 3 nitrogen and oxygen atoms in total. The molecule has 0 saturated heterocycles. The summed E-state index contributed by atoms with van der Waals surface area (Å²) in [6, 6.07) is 20.7. The Balaban J connectivity index is 1.96. The number of carbonyl (C=O) groups is 1. The van der Waals surface area contributed by atoms with E-state index in [1.54, 1.807) is 6.92 Å². The third kappa shape index (κ3) is 5.01. The number of carbonyl (C=O) groups excluding carboxylic acids is 1. The van der Waals surface area contributed by atoms with Gasteiger partial charge in [-0.05, 0) is 24.5 Å². The molecule has 0 aliphatic rings. The second-order valence-electron chi connectivity index (χ2n) is 5.02. The van der Waals surface area contributed by atoms with Gasteiger partial charge in [0.25, 0.3) is 0 Å². The molecule has 22 heavy (non-hydrogen) atoms. The predicted molar refractivity (Wildman–Crippen MR) is 86.8 cm³/mol. The van der Waals surface area contributed by atoms with Gasteiger partial charge in [0.15, 0.2) is 0 Å². The van der Waals surface area contributed by atoms with Crippen LogP contribution in [0.5, 0.6) is 0 Å². The number of ether oxygens (including phenoxy) is 2. The van der Waals surface area contributed by atoms with Crippen LogP contribution in [0.25, 0.3) is 0 Å². The number of hydrogen-bond acceptors (Lipinski definition) is 3. The quantitative estimate of drug-likeness (QED) is 0.549. The average Bonchev–Trinajstić information content (AvgIpc) is 2.57. The van der Waals surface area contributed by atoms with E-state index in [0.29, 0.717) is 13.2 Å². The highest BCUT2D eigenvalue weighted by Gasteiger charge is 2.14. The highest BCUT2D eigenvalue weighted by atomic mass is 16.6. The molecule has 0 fully saturated rings. The van der Waals surface area contributed by atoms with Crippen molar-refractivity contribution in [3.05, 3.63) is 71.8 Å². The lowest BCUT2D eigenvalue weighted by Crippen LogP contribution is -2.14. The first-order chi connectivity index (χ1) is 10.8. The Morgan fingerprint density at radius 3 is 2.00 bits per heavy atom. The molecule has 2 aromatic carbocycles. The standard InChI is InChI=1S/C19H22O3/c1-2-22-19(20)15-21-14-13-18(16-9-5-3-6-10-16)17-11-7-4-8-12-17/h3-12,18H,2,13-15H2,1H3. The molecule has 0 bridgehead atoms.